The second kappa shape index (κ2) is 11.5. The first-order chi connectivity index (χ1) is 6.17. The fourth-order valence-electron chi connectivity index (χ4n) is 0.564. The highest BCUT2D eigenvalue weighted by molar-refractivity contribution is 6.32. The lowest BCUT2D eigenvalue weighted by atomic mass is 10.2. The lowest BCUT2D eigenvalue weighted by Crippen LogP contribution is -2.02. The van der Waals surface area contributed by atoms with Crippen LogP contribution in [0, 0.1) is 0 Å². The Hall–Kier alpha value is -0.530. The molecule has 0 spiro atoms. The van der Waals surface area contributed by atoms with Gasteiger partial charge < -0.3 is 5.73 Å². The highest BCUT2D eigenvalue weighted by Gasteiger charge is 1.94. The smallest absolute Gasteiger partial charge is 0.0447 e. The maximum atomic E-state index is 5.79. The van der Waals surface area contributed by atoms with E-state index in [9.17, 15) is 0 Å². The lowest BCUT2D eigenvalue weighted by molar-refractivity contribution is 1.09. The molecule has 0 radical (unpaired) electrons. The van der Waals surface area contributed by atoms with Crippen LogP contribution in [0.4, 0.5) is 0 Å². The molecule has 0 unspecified atom stereocenters. The van der Waals surface area contributed by atoms with Crippen LogP contribution < -0.4 is 5.73 Å². The number of hydrogen-bond acceptors (Lipinski definition) is 1. The molecule has 0 aliphatic heterocycles. The molecule has 0 bridgehead atoms. The molecule has 0 aromatic carbocycles. The van der Waals surface area contributed by atoms with Gasteiger partial charge in [0.15, 0.2) is 0 Å². The van der Waals surface area contributed by atoms with Gasteiger partial charge in [0.1, 0.15) is 0 Å². The van der Waals surface area contributed by atoms with Gasteiger partial charge in [0.05, 0.1) is 0 Å². The first-order valence-electron chi connectivity index (χ1n) is 4.51. The van der Waals surface area contributed by atoms with E-state index in [1.807, 2.05) is 13.0 Å². The summed E-state index contributed by atoms with van der Waals surface area (Å²) in [6, 6.07) is 0. The molecule has 0 saturated carbocycles. The molecule has 0 aliphatic carbocycles. The molecule has 0 aliphatic rings. The van der Waals surface area contributed by atoms with Gasteiger partial charge >= 0.3 is 0 Å². The topological polar surface area (TPSA) is 26.0 Å². The standard InChI is InChI=1S/C8H12ClN.C3H8/c1-3-5-8(9)7(4-2)6-10;1-3-2/h3-5H,1,6,10H2,2H3;3H2,1-2H3/b7-4-,8-5+;. The Morgan fingerprint density at radius 1 is 1.46 bits per heavy atom. The van der Waals surface area contributed by atoms with Crippen molar-refractivity contribution in [2.24, 2.45) is 5.73 Å². The van der Waals surface area contributed by atoms with Crippen LogP contribution in [-0.2, 0) is 0 Å². The lowest BCUT2D eigenvalue weighted by Gasteiger charge is -1.98. The third kappa shape index (κ3) is 9.38. The normalized spacial score (nSPS) is 11.8. The van der Waals surface area contributed by atoms with E-state index in [2.05, 4.69) is 20.4 Å². The Bertz CT molecular complexity index is 181. The van der Waals surface area contributed by atoms with Gasteiger partial charge in [-0.2, -0.15) is 0 Å². The molecule has 1 nitrogen and oxygen atoms in total. The van der Waals surface area contributed by atoms with Crippen molar-refractivity contribution < 1.29 is 0 Å². The molecule has 0 heterocycles. The van der Waals surface area contributed by atoms with E-state index in [0.29, 0.717) is 11.6 Å². The Kier molecular flexibility index (Phi) is 13.2. The molecule has 0 fully saturated rings. The third-order valence-corrected chi connectivity index (χ3v) is 1.51. The molecule has 0 amide bonds. The van der Waals surface area contributed by atoms with E-state index in [4.69, 9.17) is 17.3 Å². The summed E-state index contributed by atoms with van der Waals surface area (Å²) in [7, 11) is 0. The zero-order valence-electron chi connectivity index (χ0n) is 8.81. The predicted octanol–water partition coefficient (Wildman–Crippen LogP) is 3.62. The largest absolute Gasteiger partial charge is 0.326 e. The SMILES string of the molecule is C=C/C=C(Cl)\C(=C/C)CN.CCC. The van der Waals surface area contributed by atoms with Crippen molar-refractivity contribution in [1.82, 2.24) is 0 Å². The van der Waals surface area contributed by atoms with Crippen molar-refractivity contribution in [2.45, 2.75) is 27.2 Å². The number of halogens is 1. The third-order valence-electron chi connectivity index (χ3n) is 1.14. The van der Waals surface area contributed by atoms with Crippen LogP contribution in [0.1, 0.15) is 27.2 Å². The van der Waals surface area contributed by atoms with Crippen LogP contribution in [0.15, 0.2) is 35.4 Å². The molecule has 0 saturated heterocycles. The van der Waals surface area contributed by atoms with Gasteiger partial charge in [-0.15, -0.1) is 0 Å². The minimum atomic E-state index is 0.472. The van der Waals surface area contributed by atoms with E-state index < -0.39 is 0 Å². The summed E-state index contributed by atoms with van der Waals surface area (Å²) in [6.45, 7) is 10.1. The van der Waals surface area contributed by atoms with Crippen LogP contribution >= 0.6 is 11.6 Å². The fraction of sp³-hybridized carbons (Fsp3) is 0.455. The monoisotopic (exact) mass is 201 g/mol. The first-order valence-corrected chi connectivity index (χ1v) is 4.89. The van der Waals surface area contributed by atoms with Crippen molar-refractivity contribution in [3.05, 3.63) is 35.4 Å². The molecular formula is C11H20ClN. The Balaban J connectivity index is 0. The van der Waals surface area contributed by atoms with Gasteiger partial charge in [-0.1, -0.05) is 50.6 Å². The minimum absolute atomic E-state index is 0.472. The molecule has 2 heteroatoms. The quantitative estimate of drug-likeness (QED) is 0.694. The van der Waals surface area contributed by atoms with Gasteiger partial charge in [0, 0.05) is 11.6 Å². The summed E-state index contributed by atoms with van der Waals surface area (Å²) >= 11 is 5.79. The van der Waals surface area contributed by atoms with Gasteiger partial charge in [-0.25, -0.2) is 0 Å². The van der Waals surface area contributed by atoms with Gasteiger partial charge in [0.25, 0.3) is 0 Å². The molecule has 0 atom stereocenters. The highest BCUT2D eigenvalue weighted by Crippen LogP contribution is 2.12. The summed E-state index contributed by atoms with van der Waals surface area (Å²) in [5.74, 6) is 0. The van der Waals surface area contributed by atoms with Crippen LogP contribution in [0.3, 0.4) is 0 Å². The van der Waals surface area contributed by atoms with Crippen LogP contribution in [0.25, 0.3) is 0 Å². The molecule has 0 aromatic rings. The molecule has 13 heavy (non-hydrogen) atoms. The molecule has 0 aromatic heterocycles. The van der Waals surface area contributed by atoms with Gasteiger partial charge in [-0.3, -0.25) is 0 Å². The Morgan fingerprint density at radius 2 is 1.92 bits per heavy atom. The Morgan fingerprint density at radius 3 is 2.15 bits per heavy atom. The fourth-order valence-corrected chi connectivity index (χ4v) is 0.839. The average molecular weight is 202 g/mol. The molecule has 76 valence electrons. The van der Waals surface area contributed by atoms with Crippen molar-refractivity contribution in [2.75, 3.05) is 6.54 Å². The summed E-state index contributed by atoms with van der Waals surface area (Å²) < 4.78 is 0. The number of rotatable bonds is 3. The van der Waals surface area contributed by atoms with E-state index >= 15 is 0 Å². The summed E-state index contributed by atoms with van der Waals surface area (Å²) in [5.41, 5.74) is 6.33. The maximum absolute atomic E-state index is 5.79. The number of hydrogen-bond donors (Lipinski definition) is 1. The van der Waals surface area contributed by atoms with E-state index in [1.165, 1.54) is 6.42 Å². The van der Waals surface area contributed by atoms with Crippen molar-refractivity contribution in [3.63, 3.8) is 0 Å². The van der Waals surface area contributed by atoms with Crippen molar-refractivity contribution in [3.8, 4) is 0 Å². The van der Waals surface area contributed by atoms with Gasteiger partial charge in [0.2, 0.25) is 0 Å². The summed E-state index contributed by atoms with van der Waals surface area (Å²) in [4.78, 5) is 0. The second-order valence-corrected chi connectivity index (χ2v) is 2.88. The summed E-state index contributed by atoms with van der Waals surface area (Å²) in [5, 5.41) is 0.667. The van der Waals surface area contributed by atoms with Crippen LogP contribution in [0.2, 0.25) is 0 Å². The number of allylic oxidation sites excluding steroid dienone is 3. The van der Waals surface area contributed by atoms with E-state index in [1.54, 1.807) is 12.2 Å². The predicted molar refractivity (Wildman–Crippen MR) is 62.9 cm³/mol. The van der Waals surface area contributed by atoms with Crippen molar-refractivity contribution in [1.29, 1.82) is 0 Å². The minimum Gasteiger partial charge on any atom is -0.326 e. The van der Waals surface area contributed by atoms with Gasteiger partial charge in [-0.05, 0) is 18.6 Å². The van der Waals surface area contributed by atoms with Crippen LogP contribution in [0.5, 0.6) is 0 Å². The van der Waals surface area contributed by atoms with E-state index in [0.717, 1.165) is 5.57 Å². The summed E-state index contributed by atoms with van der Waals surface area (Å²) in [6.07, 6.45) is 6.51. The molecule has 0 rings (SSSR count). The van der Waals surface area contributed by atoms with Crippen molar-refractivity contribution >= 4 is 11.6 Å². The number of nitrogens with two attached hydrogens (primary N) is 1. The zero-order chi connectivity index (χ0) is 10.7. The molecular weight excluding hydrogens is 182 g/mol. The van der Waals surface area contributed by atoms with E-state index in [-0.39, 0.29) is 0 Å². The van der Waals surface area contributed by atoms with Crippen LogP contribution in [-0.4, -0.2) is 6.54 Å². The maximum Gasteiger partial charge on any atom is 0.0447 e. The Labute approximate surface area is 87.0 Å². The highest BCUT2D eigenvalue weighted by atomic mass is 35.5. The molecule has 2 N–H and O–H groups in total. The second-order valence-electron chi connectivity index (χ2n) is 2.48. The zero-order valence-corrected chi connectivity index (χ0v) is 9.56. The average Bonchev–Trinajstić information content (AvgIpc) is 2.08. The first kappa shape index (κ1) is 15.0.